The van der Waals surface area contributed by atoms with Crippen molar-refractivity contribution >= 4 is 0 Å². The fourth-order valence-electron chi connectivity index (χ4n) is 1.75. The number of fused-ring (bicyclic) bond motifs is 1. The third-order valence-electron chi connectivity index (χ3n) is 2.53. The van der Waals surface area contributed by atoms with Crippen molar-refractivity contribution in [2.24, 2.45) is 0 Å². The van der Waals surface area contributed by atoms with E-state index in [2.05, 4.69) is 6.58 Å². The molecule has 0 heterocycles. The van der Waals surface area contributed by atoms with Gasteiger partial charge in [0.2, 0.25) is 0 Å². The van der Waals surface area contributed by atoms with Gasteiger partial charge < -0.3 is 20.4 Å². The first-order chi connectivity index (χ1) is 7.91. The van der Waals surface area contributed by atoms with Crippen molar-refractivity contribution in [1.82, 2.24) is 0 Å². The molecule has 0 saturated heterocycles. The summed E-state index contributed by atoms with van der Waals surface area (Å²) in [6, 6.07) is 5.21. The standard InChI is InChI=1S/C10H12O3.C3H6O/c11-8-3-1-2-6-4-9(12)10(13)5-7(6)8;1-3(2)4/h1-3,9-13H,4-5H2;4H,1H2,2H3/p-1/t9-,10+;/m0./s1. The number of phenolic OH excluding ortho intramolecular Hbond substituents is 1. The van der Waals surface area contributed by atoms with Crippen LogP contribution in [0.1, 0.15) is 18.1 Å². The van der Waals surface area contributed by atoms with Gasteiger partial charge in [0, 0.05) is 12.8 Å². The number of rotatable bonds is 0. The Morgan fingerprint density at radius 3 is 2.41 bits per heavy atom. The lowest BCUT2D eigenvalue weighted by Crippen LogP contribution is -2.34. The Hall–Kier alpha value is -1.52. The van der Waals surface area contributed by atoms with Crippen LogP contribution in [0.15, 0.2) is 30.5 Å². The van der Waals surface area contributed by atoms with Gasteiger partial charge in [0.25, 0.3) is 0 Å². The van der Waals surface area contributed by atoms with Gasteiger partial charge in [-0.1, -0.05) is 19.1 Å². The van der Waals surface area contributed by atoms with E-state index in [9.17, 15) is 20.4 Å². The van der Waals surface area contributed by atoms with Crippen LogP contribution >= 0.6 is 0 Å². The van der Waals surface area contributed by atoms with Crippen LogP contribution < -0.4 is 5.11 Å². The minimum atomic E-state index is -0.749. The molecule has 1 aliphatic carbocycles. The normalized spacial score (nSPS) is 22.1. The molecule has 0 radical (unpaired) electrons. The molecule has 3 N–H and O–H groups in total. The van der Waals surface area contributed by atoms with Crippen LogP contribution in [0.25, 0.3) is 0 Å². The van der Waals surface area contributed by atoms with E-state index in [1.165, 1.54) is 6.92 Å². The second kappa shape index (κ2) is 5.70. The number of phenols is 1. The Morgan fingerprint density at radius 2 is 1.82 bits per heavy atom. The van der Waals surface area contributed by atoms with Gasteiger partial charge in [-0.15, -0.1) is 12.3 Å². The molecule has 1 aromatic carbocycles. The third kappa shape index (κ3) is 3.76. The maximum atomic E-state index is 9.47. The summed E-state index contributed by atoms with van der Waals surface area (Å²) < 4.78 is 0. The van der Waals surface area contributed by atoms with Crippen molar-refractivity contribution in [2.75, 3.05) is 0 Å². The van der Waals surface area contributed by atoms with Crippen molar-refractivity contribution in [3.63, 3.8) is 0 Å². The molecule has 17 heavy (non-hydrogen) atoms. The van der Waals surface area contributed by atoms with Crippen LogP contribution in [0.4, 0.5) is 0 Å². The summed E-state index contributed by atoms with van der Waals surface area (Å²) in [5, 5.41) is 37.6. The molecule has 1 aromatic rings. The lowest BCUT2D eigenvalue weighted by molar-refractivity contribution is -0.300. The quantitative estimate of drug-likeness (QED) is 0.558. The number of aliphatic hydroxyl groups is 2. The predicted molar refractivity (Wildman–Crippen MR) is 62.3 cm³/mol. The van der Waals surface area contributed by atoms with E-state index in [1.807, 2.05) is 6.07 Å². The zero-order valence-corrected chi connectivity index (χ0v) is 9.76. The summed E-state index contributed by atoms with van der Waals surface area (Å²) in [6.07, 6.45) is -0.691. The zero-order chi connectivity index (χ0) is 13.0. The van der Waals surface area contributed by atoms with Gasteiger partial charge in [-0.2, -0.15) is 0 Å². The van der Waals surface area contributed by atoms with Gasteiger partial charge >= 0.3 is 0 Å². The highest BCUT2D eigenvalue weighted by atomic mass is 16.3. The molecule has 0 fully saturated rings. The van der Waals surface area contributed by atoms with Crippen LogP contribution in [0.5, 0.6) is 5.75 Å². The van der Waals surface area contributed by atoms with Crippen molar-refractivity contribution in [1.29, 1.82) is 0 Å². The van der Waals surface area contributed by atoms with E-state index >= 15 is 0 Å². The Morgan fingerprint density at radius 1 is 1.29 bits per heavy atom. The molecule has 0 aliphatic heterocycles. The van der Waals surface area contributed by atoms with Crippen LogP contribution in [0.2, 0.25) is 0 Å². The largest absolute Gasteiger partial charge is 0.876 e. The lowest BCUT2D eigenvalue weighted by Gasteiger charge is -2.26. The molecular weight excluding hydrogens is 220 g/mol. The SMILES string of the molecule is C=C(C)[O-].Oc1cccc2c1C[C@@H](O)[C@@H](O)C2. The van der Waals surface area contributed by atoms with E-state index in [-0.39, 0.29) is 11.5 Å². The molecule has 94 valence electrons. The molecule has 0 unspecified atom stereocenters. The van der Waals surface area contributed by atoms with Crippen LogP contribution in [-0.4, -0.2) is 27.5 Å². The van der Waals surface area contributed by atoms with Gasteiger partial charge in [-0.05, 0) is 17.2 Å². The molecule has 4 heteroatoms. The zero-order valence-electron chi connectivity index (χ0n) is 9.76. The minimum absolute atomic E-state index is 0.0833. The minimum Gasteiger partial charge on any atom is -0.876 e. The summed E-state index contributed by atoms with van der Waals surface area (Å²) in [7, 11) is 0. The van der Waals surface area contributed by atoms with E-state index in [0.29, 0.717) is 12.8 Å². The Labute approximate surface area is 100 Å². The summed E-state index contributed by atoms with van der Waals surface area (Å²) >= 11 is 0. The first-order valence-corrected chi connectivity index (χ1v) is 5.40. The van der Waals surface area contributed by atoms with E-state index in [0.717, 1.165) is 11.1 Å². The van der Waals surface area contributed by atoms with Gasteiger partial charge in [0.05, 0.1) is 12.2 Å². The fraction of sp³-hybridized carbons (Fsp3) is 0.385. The van der Waals surface area contributed by atoms with E-state index < -0.39 is 12.2 Å². The number of aromatic hydroxyl groups is 1. The third-order valence-corrected chi connectivity index (χ3v) is 2.53. The molecule has 0 aromatic heterocycles. The highest BCUT2D eigenvalue weighted by molar-refractivity contribution is 5.41. The van der Waals surface area contributed by atoms with E-state index in [1.54, 1.807) is 12.1 Å². The molecule has 0 bridgehead atoms. The molecule has 4 nitrogen and oxygen atoms in total. The number of hydrogen-bond acceptors (Lipinski definition) is 4. The molecule has 2 atom stereocenters. The van der Waals surface area contributed by atoms with Crippen LogP contribution in [0, 0.1) is 0 Å². The Balaban J connectivity index is 0.000000317. The Kier molecular flexibility index (Phi) is 4.54. The molecule has 0 saturated carbocycles. The highest BCUT2D eigenvalue weighted by Gasteiger charge is 2.26. The fourth-order valence-corrected chi connectivity index (χ4v) is 1.75. The summed E-state index contributed by atoms with van der Waals surface area (Å²) in [5.41, 5.74) is 1.69. The number of allylic oxidation sites excluding steroid dienone is 1. The molecule has 2 rings (SSSR count). The summed E-state index contributed by atoms with van der Waals surface area (Å²) in [4.78, 5) is 0. The summed E-state index contributed by atoms with van der Waals surface area (Å²) in [6.45, 7) is 4.42. The maximum absolute atomic E-state index is 9.47. The monoisotopic (exact) mass is 237 g/mol. The second-order valence-electron chi connectivity index (χ2n) is 4.16. The second-order valence-corrected chi connectivity index (χ2v) is 4.16. The molecule has 0 spiro atoms. The average molecular weight is 237 g/mol. The molecule has 1 aliphatic rings. The number of aliphatic hydroxyl groups excluding tert-OH is 2. The van der Waals surface area contributed by atoms with Gasteiger partial charge in [0.15, 0.2) is 0 Å². The molecular formula is C13H17O4-. The van der Waals surface area contributed by atoms with Gasteiger partial charge in [-0.25, -0.2) is 0 Å². The van der Waals surface area contributed by atoms with Crippen molar-refractivity contribution in [3.8, 4) is 5.75 Å². The number of hydrogen-bond donors (Lipinski definition) is 3. The molecule has 0 amide bonds. The number of benzene rings is 1. The lowest BCUT2D eigenvalue weighted by atomic mass is 9.87. The predicted octanol–water partition coefficient (Wildman–Crippen LogP) is 0.0929. The van der Waals surface area contributed by atoms with Crippen molar-refractivity contribution < 1.29 is 20.4 Å². The highest BCUT2D eigenvalue weighted by Crippen LogP contribution is 2.28. The van der Waals surface area contributed by atoms with Crippen molar-refractivity contribution in [3.05, 3.63) is 41.7 Å². The van der Waals surface area contributed by atoms with Crippen LogP contribution in [0.3, 0.4) is 0 Å². The maximum Gasteiger partial charge on any atom is 0.119 e. The topological polar surface area (TPSA) is 83.8 Å². The average Bonchev–Trinajstić information content (AvgIpc) is 2.20. The smallest absolute Gasteiger partial charge is 0.119 e. The summed E-state index contributed by atoms with van der Waals surface area (Å²) in [5.74, 6) is 0.128. The van der Waals surface area contributed by atoms with Gasteiger partial charge in [0.1, 0.15) is 5.75 Å². The van der Waals surface area contributed by atoms with Gasteiger partial charge in [-0.3, -0.25) is 0 Å². The first kappa shape index (κ1) is 13.5. The van der Waals surface area contributed by atoms with Crippen LogP contribution in [-0.2, 0) is 12.8 Å². The van der Waals surface area contributed by atoms with E-state index in [4.69, 9.17) is 0 Å². The first-order valence-electron chi connectivity index (χ1n) is 5.40. The van der Waals surface area contributed by atoms with Crippen molar-refractivity contribution in [2.45, 2.75) is 32.0 Å². The Bertz CT molecular complexity index is 396.